The third kappa shape index (κ3) is 5.60. The molecule has 0 heterocycles. The quantitative estimate of drug-likeness (QED) is 0.526. The van der Waals surface area contributed by atoms with Gasteiger partial charge in [0.1, 0.15) is 5.75 Å². The Balaban J connectivity index is 2.00. The summed E-state index contributed by atoms with van der Waals surface area (Å²) in [6.45, 7) is 6.88. The van der Waals surface area contributed by atoms with Crippen molar-refractivity contribution in [1.82, 2.24) is 0 Å². The van der Waals surface area contributed by atoms with Crippen molar-refractivity contribution in [2.24, 2.45) is 0 Å². The van der Waals surface area contributed by atoms with Crippen LogP contribution in [0.2, 0.25) is 0 Å². The second kappa shape index (κ2) is 9.62. The molecule has 1 amide bonds. The number of rotatable bonds is 8. The number of carbonyl (C=O) groups is 1. The van der Waals surface area contributed by atoms with Gasteiger partial charge in [-0.2, -0.15) is 0 Å². The number of anilines is 1. The molecule has 0 bridgehead atoms. The highest BCUT2D eigenvalue weighted by Gasteiger charge is 2.12. The number of ether oxygens (including phenoxy) is 1. The largest absolute Gasteiger partial charge is 0.492 e. The van der Waals surface area contributed by atoms with E-state index in [1.165, 1.54) is 19.3 Å². The maximum Gasteiger partial charge on any atom is 0.255 e. The predicted octanol–water partition coefficient (Wildman–Crippen LogP) is 6.28. The van der Waals surface area contributed by atoms with Gasteiger partial charge in [0.25, 0.3) is 5.91 Å². The van der Waals surface area contributed by atoms with Gasteiger partial charge < -0.3 is 10.1 Å². The zero-order valence-electron chi connectivity index (χ0n) is 15.2. The van der Waals surface area contributed by atoms with E-state index in [-0.39, 0.29) is 5.91 Å². The second-order valence-electron chi connectivity index (χ2n) is 6.28. The van der Waals surface area contributed by atoms with Crippen molar-refractivity contribution in [3.8, 4) is 5.75 Å². The van der Waals surface area contributed by atoms with Crippen molar-refractivity contribution < 1.29 is 9.53 Å². The average molecular weight is 404 g/mol. The molecule has 0 fully saturated rings. The van der Waals surface area contributed by atoms with Gasteiger partial charge in [0.2, 0.25) is 0 Å². The average Bonchev–Trinajstić information content (AvgIpc) is 2.59. The van der Waals surface area contributed by atoms with Crippen LogP contribution in [0.15, 0.2) is 40.9 Å². The minimum atomic E-state index is -0.118. The number of aryl methyl sites for hydroxylation is 2. The predicted molar refractivity (Wildman–Crippen MR) is 108 cm³/mol. The molecule has 0 atom stereocenters. The molecule has 0 aliphatic carbocycles. The van der Waals surface area contributed by atoms with E-state index in [2.05, 4.69) is 28.2 Å². The molecule has 0 unspecified atom stereocenters. The van der Waals surface area contributed by atoms with Crippen LogP contribution in [0.25, 0.3) is 0 Å². The molecule has 2 rings (SSSR count). The summed E-state index contributed by atoms with van der Waals surface area (Å²) in [5.41, 5.74) is 3.59. The lowest BCUT2D eigenvalue weighted by molar-refractivity contribution is 0.102. The lowest BCUT2D eigenvalue weighted by atomic mass is 10.1. The SMILES string of the molecule is CCCCCCOc1ccc(C(=O)Nc2c(C)cccc2C)cc1Br. The molecule has 4 heteroatoms. The van der Waals surface area contributed by atoms with E-state index >= 15 is 0 Å². The Kier molecular flexibility index (Phi) is 7.51. The molecule has 25 heavy (non-hydrogen) atoms. The molecule has 2 aromatic rings. The number of hydrogen-bond donors (Lipinski definition) is 1. The molecule has 0 aliphatic rings. The van der Waals surface area contributed by atoms with Crippen LogP contribution in [-0.2, 0) is 0 Å². The van der Waals surface area contributed by atoms with Crippen LogP contribution < -0.4 is 10.1 Å². The van der Waals surface area contributed by atoms with Gasteiger partial charge >= 0.3 is 0 Å². The molecular formula is C21H26BrNO2. The number of halogens is 1. The molecule has 0 saturated carbocycles. The van der Waals surface area contributed by atoms with Gasteiger partial charge in [-0.15, -0.1) is 0 Å². The van der Waals surface area contributed by atoms with E-state index in [4.69, 9.17) is 4.74 Å². The van der Waals surface area contributed by atoms with Gasteiger partial charge in [0.15, 0.2) is 0 Å². The number of nitrogens with one attached hydrogen (secondary N) is 1. The standard InChI is InChI=1S/C21H26BrNO2/c1-4-5-6-7-13-25-19-12-11-17(14-18(19)22)21(24)23-20-15(2)9-8-10-16(20)3/h8-12,14H,4-7,13H2,1-3H3,(H,23,24). The van der Waals surface area contributed by atoms with E-state index < -0.39 is 0 Å². The Morgan fingerprint density at radius 1 is 1.08 bits per heavy atom. The van der Waals surface area contributed by atoms with Crippen LogP contribution in [-0.4, -0.2) is 12.5 Å². The molecule has 0 spiro atoms. The van der Waals surface area contributed by atoms with Crippen molar-refractivity contribution in [2.75, 3.05) is 11.9 Å². The number of benzene rings is 2. The van der Waals surface area contributed by atoms with Gasteiger partial charge in [-0.1, -0.05) is 44.4 Å². The van der Waals surface area contributed by atoms with Crippen molar-refractivity contribution in [3.05, 3.63) is 57.6 Å². The fourth-order valence-corrected chi connectivity index (χ4v) is 3.16. The summed E-state index contributed by atoms with van der Waals surface area (Å²) in [5.74, 6) is 0.660. The first-order chi connectivity index (χ1) is 12.0. The first-order valence-corrected chi connectivity index (χ1v) is 9.62. The number of para-hydroxylation sites is 1. The Morgan fingerprint density at radius 3 is 2.44 bits per heavy atom. The lowest BCUT2D eigenvalue weighted by Gasteiger charge is -2.13. The van der Waals surface area contributed by atoms with Gasteiger partial charge in [-0.05, 0) is 65.5 Å². The number of carbonyl (C=O) groups excluding carboxylic acids is 1. The normalized spacial score (nSPS) is 10.6. The van der Waals surface area contributed by atoms with Crippen molar-refractivity contribution >= 4 is 27.5 Å². The summed E-state index contributed by atoms with van der Waals surface area (Å²) in [6, 6.07) is 11.4. The van der Waals surface area contributed by atoms with E-state index in [0.29, 0.717) is 12.2 Å². The fraction of sp³-hybridized carbons (Fsp3) is 0.381. The smallest absolute Gasteiger partial charge is 0.255 e. The van der Waals surface area contributed by atoms with E-state index in [1.807, 2.05) is 44.2 Å². The zero-order chi connectivity index (χ0) is 18.2. The minimum absolute atomic E-state index is 0.118. The molecule has 1 N–H and O–H groups in total. The molecular weight excluding hydrogens is 378 g/mol. The highest BCUT2D eigenvalue weighted by Crippen LogP contribution is 2.27. The summed E-state index contributed by atoms with van der Waals surface area (Å²) in [7, 11) is 0. The van der Waals surface area contributed by atoms with E-state index in [1.54, 1.807) is 6.07 Å². The maximum atomic E-state index is 12.5. The number of hydrogen-bond acceptors (Lipinski definition) is 2. The van der Waals surface area contributed by atoms with Gasteiger partial charge in [0.05, 0.1) is 11.1 Å². The topological polar surface area (TPSA) is 38.3 Å². The number of unbranched alkanes of at least 4 members (excludes halogenated alkanes) is 3. The van der Waals surface area contributed by atoms with Gasteiger partial charge in [-0.25, -0.2) is 0 Å². The summed E-state index contributed by atoms with van der Waals surface area (Å²) in [4.78, 5) is 12.5. The van der Waals surface area contributed by atoms with Crippen LogP contribution in [0.3, 0.4) is 0 Å². The molecule has 2 aromatic carbocycles. The third-order valence-corrected chi connectivity index (χ3v) is 4.79. The van der Waals surface area contributed by atoms with Gasteiger partial charge in [-0.3, -0.25) is 4.79 Å². The summed E-state index contributed by atoms with van der Waals surface area (Å²) >= 11 is 3.51. The van der Waals surface area contributed by atoms with Crippen molar-refractivity contribution in [1.29, 1.82) is 0 Å². The first-order valence-electron chi connectivity index (χ1n) is 8.83. The third-order valence-electron chi connectivity index (χ3n) is 4.17. The summed E-state index contributed by atoms with van der Waals surface area (Å²) in [6.07, 6.45) is 4.69. The first kappa shape index (κ1) is 19.5. The fourth-order valence-electron chi connectivity index (χ4n) is 2.67. The molecule has 134 valence electrons. The second-order valence-corrected chi connectivity index (χ2v) is 7.13. The monoisotopic (exact) mass is 403 g/mol. The maximum absolute atomic E-state index is 12.5. The zero-order valence-corrected chi connectivity index (χ0v) is 16.8. The molecule has 0 aliphatic heterocycles. The summed E-state index contributed by atoms with van der Waals surface area (Å²) < 4.78 is 6.60. The summed E-state index contributed by atoms with van der Waals surface area (Å²) in [5, 5.41) is 3.01. The minimum Gasteiger partial charge on any atom is -0.492 e. The number of amides is 1. The van der Waals surface area contributed by atoms with Crippen LogP contribution in [0.4, 0.5) is 5.69 Å². The Morgan fingerprint density at radius 2 is 1.80 bits per heavy atom. The van der Waals surface area contributed by atoms with Crippen LogP contribution in [0.1, 0.15) is 54.1 Å². The van der Waals surface area contributed by atoms with Crippen molar-refractivity contribution in [3.63, 3.8) is 0 Å². The van der Waals surface area contributed by atoms with Crippen LogP contribution in [0, 0.1) is 13.8 Å². The molecule has 0 saturated heterocycles. The highest BCUT2D eigenvalue weighted by molar-refractivity contribution is 9.10. The van der Waals surface area contributed by atoms with Crippen molar-refractivity contribution in [2.45, 2.75) is 46.5 Å². The van der Waals surface area contributed by atoms with Crippen LogP contribution >= 0.6 is 15.9 Å². The van der Waals surface area contributed by atoms with E-state index in [9.17, 15) is 4.79 Å². The molecule has 3 nitrogen and oxygen atoms in total. The molecule has 0 aromatic heterocycles. The molecule has 0 radical (unpaired) electrons. The van der Waals surface area contributed by atoms with Gasteiger partial charge in [0, 0.05) is 11.3 Å². The lowest BCUT2D eigenvalue weighted by Crippen LogP contribution is -2.14. The Bertz CT molecular complexity index is 708. The Labute approximate surface area is 158 Å². The highest BCUT2D eigenvalue weighted by atomic mass is 79.9. The van der Waals surface area contributed by atoms with Crippen LogP contribution in [0.5, 0.6) is 5.75 Å². The van der Waals surface area contributed by atoms with E-state index in [0.717, 1.165) is 33.5 Å². The Hall–Kier alpha value is -1.81.